The first-order valence-corrected chi connectivity index (χ1v) is 13.9. The fourth-order valence-corrected chi connectivity index (χ4v) is 3.72. The average Bonchev–Trinajstić information content (AvgIpc) is 2.70. The first kappa shape index (κ1) is 30.0. The van der Waals surface area contributed by atoms with Gasteiger partial charge in [-0.15, -0.1) is 0 Å². The predicted octanol–water partition coefficient (Wildman–Crippen LogP) is 6.78. The zero-order chi connectivity index (χ0) is 22.3. The van der Waals surface area contributed by atoms with Crippen LogP contribution in [0.4, 0.5) is 0 Å². The van der Waals surface area contributed by atoms with Crippen LogP contribution >= 0.6 is 7.82 Å². The summed E-state index contributed by atoms with van der Waals surface area (Å²) in [6.45, 7) is 5.86. The van der Waals surface area contributed by atoms with Crippen molar-refractivity contribution in [2.75, 3.05) is 26.4 Å². The number of hydrogen-bond acceptors (Lipinski definition) is 4. The van der Waals surface area contributed by atoms with E-state index in [1.807, 2.05) is 0 Å². The molecule has 0 saturated carbocycles. The van der Waals surface area contributed by atoms with Gasteiger partial charge in [0, 0.05) is 13.2 Å². The highest BCUT2D eigenvalue weighted by Crippen LogP contribution is 2.35. The molecule has 0 radical (unpaired) electrons. The molecule has 6 nitrogen and oxygen atoms in total. The largest absolute Gasteiger partial charge is 0.469 e. The molecular weight excluding hydrogens is 403 g/mol. The normalized spacial score (nSPS) is 13.1. The molecule has 0 aliphatic carbocycles. The van der Waals surface area contributed by atoms with Crippen molar-refractivity contribution in [1.29, 1.82) is 0 Å². The summed E-state index contributed by atoms with van der Waals surface area (Å²) in [5, 5.41) is 0. The van der Waals surface area contributed by atoms with Gasteiger partial charge >= 0.3 is 7.82 Å². The smallest absolute Gasteiger partial charge is 0.379 e. The lowest BCUT2D eigenvalue weighted by Crippen LogP contribution is -2.26. The molecule has 182 valence electrons. The Hall–Kier alpha value is 0.0300. The Morgan fingerprint density at radius 1 is 0.633 bits per heavy atom. The first-order chi connectivity index (χ1) is 14.5. The molecule has 0 aliphatic rings. The molecule has 0 unspecified atom stereocenters. The van der Waals surface area contributed by atoms with E-state index in [0.717, 1.165) is 25.7 Å². The third-order valence-electron chi connectivity index (χ3n) is 5.23. The van der Waals surface area contributed by atoms with Crippen LogP contribution in [0.3, 0.4) is 0 Å². The highest BCUT2D eigenvalue weighted by molar-refractivity contribution is 7.46. The fourth-order valence-electron chi connectivity index (χ4n) is 3.36. The van der Waals surface area contributed by atoms with Gasteiger partial charge in [0.25, 0.3) is 0 Å². The Bertz CT molecular complexity index is 388. The third-order valence-corrected chi connectivity index (χ3v) is 5.71. The van der Waals surface area contributed by atoms with Gasteiger partial charge in [0.1, 0.15) is 6.10 Å². The van der Waals surface area contributed by atoms with Crippen molar-refractivity contribution in [3.63, 3.8) is 0 Å². The molecule has 0 rings (SSSR count). The van der Waals surface area contributed by atoms with E-state index >= 15 is 0 Å². The van der Waals surface area contributed by atoms with Gasteiger partial charge in [-0.25, -0.2) is 4.57 Å². The Kier molecular flexibility index (Phi) is 22.3. The van der Waals surface area contributed by atoms with E-state index in [4.69, 9.17) is 19.3 Å². The topological polar surface area (TPSA) is 85.2 Å². The van der Waals surface area contributed by atoms with Crippen molar-refractivity contribution >= 4 is 7.82 Å². The van der Waals surface area contributed by atoms with Crippen LogP contribution in [-0.2, 0) is 18.6 Å². The van der Waals surface area contributed by atoms with Gasteiger partial charge in [0.2, 0.25) is 0 Å². The molecule has 1 atom stereocenters. The summed E-state index contributed by atoms with van der Waals surface area (Å²) in [6.07, 6.45) is 19.3. The highest BCUT2D eigenvalue weighted by atomic mass is 31.2. The second-order valence-corrected chi connectivity index (χ2v) is 9.54. The molecule has 0 aromatic carbocycles. The van der Waals surface area contributed by atoms with Gasteiger partial charge in [-0.3, -0.25) is 4.52 Å². The minimum Gasteiger partial charge on any atom is -0.379 e. The van der Waals surface area contributed by atoms with Crippen LogP contribution in [0.1, 0.15) is 117 Å². The Balaban J connectivity index is 3.78. The second-order valence-electron chi connectivity index (χ2n) is 8.30. The minimum atomic E-state index is -4.48. The van der Waals surface area contributed by atoms with Crippen molar-refractivity contribution in [3.05, 3.63) is 0 Å². The average molecular weight is 453 g/mol. The molecule has 0 aliphatic heterocycles. The van der Waals surface area contributed by atoms with E-state index in [-0.39, 0.29) is 6.61 Å². The Labute approximate surface area is 185 Å². The monoisotopic (exact) mass is 452 g/mol. The van der Waals surface area contributed by atoms with Crippen molar-refractivity contribution < 1.29 is 28.3 Å². The molecule has 0 aromatic rings. The van der Waals surface area contributed by atoms with Crippen LogP contribution < -0.4 is 0 Å². The number of rotatable bonds is 24. The molecule has 0 heterocycles. The summed E-state index contributed by atoms with van der Waals surface area (Å²) < 4.78 is 27.1. The number of phosphoric acid groups is 1. The summed E-state index contributed by atoms with van der Waals surface area (Å²) in [5.41, 5.74) is 0. The zero-order valence-electron chi connectivity index (χ0n) is 19.7. The SMILES string of the molecule is CCCCCCCCCCOC[C@H](COP(=O)(O)O)OCCCCCCCCCC. The van der Waals surface area contributed by atoms with Crippen molar-refractivity contribution in [2.45, 2.75) is 123 Å². The molecule has 0 amide bonds. The van der Waals surface area contributed by atoms with E-state index in [9.17, 15) is 4.57 Å². The molecule has 0 bridgehead atoms. The van der Waals surface area contributed by atoms with Crippen LogP contribution in [0.25, 0.3) is 0 Å². The fraction of sp³-hybridized carbons (Fsp3) is 1.00. The molecule has 0 saturated heterocycles. The van der Waals surface area contributed by atoms with E-state index in [1.54, 1.807) is 0 Å². The van der Waals surface area contributed by atoms with Gasteiger partial charge in [-0.05, 0) is 12.8 Å². The van der Waals surface area contributed by atoms with E-state index in [2.05, 4.69) is 18.4 Å². The molecule has 7 heteroatoms. The minimum absolute atomic E-state index is 0.140. The van der Waals surface area contributed by atoms with E-state index in [0.29, 0.717) is 19.8 Å². The summed E-state index contributed by atoms with van der Waals surface area (Å²) >= 11 is 0. The van der Waals surface area contributed by atoms with Crippen molar-refractivity contribution in [2.24, 2.45) is 0 Å². The zero-order valence-corrected chi connectivity index (χ0v) is 20.6. The van der Waals surface area contributed by atoms with Crippen LogP contribution in [0.2, 0.25) is 0 Å². The molecule has 2 N–H and O–H groups in total. The number of hydrogen-bond donors (Lipinski definition) is 2. The van der Waals surface area contributed by atoms with Gasteiger partial charge in [0.05, 0.1) is 13.2 Å². The molecule has 0 spiro atoms. The van der Waals surface area contributed by atoms with Crippen molar-refractivity contribution in [3.8, 4) is 0 Å². The Morgan fingerprint density at radius 3 is 1.53 bits per heavy atom. The Morgan fingerprint density at radius 2 is 1.07 bits per heavy atom. The number of ether oxygens (including phenoxy) is 2. The lowest BCUT2D eigenvalue weighted by atomic mass is 10.1. The lowest BCUT2D eigenvalue weighted by molar-refractivity contribution is -0.0429. The van der Waals surface area contributed by atoms with E-state index in [1.165, 1.54) is 77.0 Å². The van der Waals surface area contributed by atoms with Crippen LogP contribution in [0, 0.1) is 0 Å². The third kappa shape index (κ3) is 24.3. The van der Waals surface area contributed by atoms with Gasteiger partial charge < -0.3 is 19.3 Å². The van der Waals surface area contributed by atoms with Crippen LogP contribution in [0.15, 0.2) is 0 Å². The summed E-state index contributed by atoms with van der Waals surface area (Å²) in [5.74, 6) is 0. The molecular formula is C23H49O6P. The maximum atomic E-state index is 11.0. The standard InChI is InChI=1S/C23H49O6P/c1-3-5-7-9-11-13-15-17-19-27-21-23(22-29-30(24,25)26)28-20-18-16-14-12-10-8-6-4-2/h23H,3-22H2,1-2H3,(H2,24,25,26)/t23-/m1/s1. The number of phosphoric ester groups is 1. The summed E-state index contributed by atoms with van der Waals surface area (Å²) in [4.78, 5) is 17.9. The predicted molar refractivity (Wildman–Crippen MR) is 124 cm³/mol. The van der Waals surface area contributed by atoms with Gasteiger partial charge in [-0.1, -0.05) is 104 Å². The first-order valence-electron chi connectivity index (χ1n) is 12.4. The maximum Gasteiger partial charge on any atom is 0.469 e. The molecule has 30 heavy (non-hydrogen) atoms. The van der Waals surface area contributed by atoms with Gasteiger partial charge in [-0.2, -0.15) is 0 Å². The summed E-state index contributed by atoms with van der Waals surface area (Å²) in [6, 6.07) is 0. The lowest BCUT2D eigenvalue weighted by Gasteiger charge is -2.18. The maximum absolute atomic E-state index is 11.0. The highest BCUT2D eigenvalue weighted by Gasteiger charge is 2.19. The molecule has 0 aromatic heterocycles. The van der Waals surface area contributed by atoms with Crippen LogP contribution in [0.5, 0.6) is 0 Å². The number of unbranched alkanes of at least 4 members (excludes halogenated alkanes) is 14. The van der Waals surface area contributed by atoms with Crippen LogP contribution in [-0.4, -0.2) is 42.3 Å². The summed E-state index contributed by atoms with van der Waals surface area (Å²) in [7, 11) is -4.48. The van der Waals surface area contributed by atoms with Gasteiger partial charge in [0.15, 0.2) is 0 Å². The van der Waals surface area contributed by atoms with Crippen molar-refractivity contribution in [1.82, 2.24) is 0 Å². The quantitative estimate of drug-likeness (QED) is 0.124. The molecule has 0 fully saturated rings. The van der Waals surface area contributed by atoms with E-state index < -0.39 is 13.9 Å². The second kappa shape index (κ2) is 22.2.